The highest BCUT2D eigenvalue weighted by molar-refractivity contribution is 9.10. The maximum absolute atomic E-state index is 12.1. The van der Waals surface area contributed by atoms with E-state index in [-0.39, 0.29) is 17.8 Å². The fraction of sp³-hybridized carbons (Fsp3) is 0.364. The number of amides is 1. The highest BCUT2D eigenvalue weighted by atomic mass is 79.9. The second kappa shape index (κ2) is 6.34. The maximum atomic E-state index is 12.1. The van der Waals surface area contributed by atoms with E-state index in [0.29, 0.717) is 12.1 Å². The minimum absolute atomic E-state index is 0.0888. The van der Waals surface area contributed by atoms with E-state index in [1.807, 2.05) is 6.92 Å². The Labute approximate surface area is 114 Å². The third-order valence-electron chi connectivity index (χ3n) is 2.56. The van der Waals surface area contributed by atoms with Gasteiger partial charge in [-0.05, 0) is 35.0 Å². The number of nitrogens with two attached hydrogens (primary N) is 1. The second-order valence-electron chi connectivity index (χ2n) is 3.92. The number of amidine groups is 1. The summed E-state index contributed by atoms with van der Waals surface area (Å²) in [5, 5.41) is 11.4. The van der Waals surface area contributed by atoms with Gasteiger partial charge in [0.1, 0.15) is 11.5 Å². The molecule has 0 aromatic carbocycles. The van der Waals surface area contributed by atoms with Gasteiger partial charge in [-0.2, -0.15) is 0 Å². The van der Waals surface area contributed by atoms with Crippen LogP contribution in [0.2, 0.25) is 0 Å². The largest absolute Gasteiger partial charge is 0.409 e. The van der Waals surface area contributed by atoms with Crippen LogP contribution >= 0.6 is 15.9 Å². The van der Waals surface area contributed by atoms with Crippen LogP contribution in [0.1, 0.15) is 23.8 Å². The van der Waals surface area contributed by atoms with Gasteiger partial charge in [0.05, 0.1) is 0 Å². The molecular formula is C11H15BrN4O2. The third kappa shape index (κ3) is 3.69. The molecule has 18 heavy (non-hydrogen) atoms. The highest BCUT2D eigenvalue weighted by Crippen LogP contribution is 2.11. The Balaban J connectivity index is 2.74. The molecule has 0 fully saturated rings. The molecule has 1 heterocycles. The van der Waals surface area contributed by atoms with E-state index in [9.17, 15) is 4.79 Å². The van der Waals surface area contributed by atoms with Crippen molar-refractivity contribution in [3.63, 3.8) is 0 Å². The van der Waals surface area contributed by atoms with Crippen LogP contribution in [0.3, 0.4) is 0 Å². The first kappa shape index (κ1) is 14.4. The van der Waals surface area contributed by atoms with Crippen molar-refractivity contribution in [3.8, 4) is 0 Å². The molecule has 0 aliphatic rings. The molecule has 0 aliphatic heterocycles. The zero-order chi connectivity index (χ0) is 13.7. The van der Waals surface area contributed by atoms with Crippen LogP contribution in [0, 0.1) is 0 Å². The van der Waals surface area contributed by atoms with Crippen LogP contribution in [-0.2, 0) is 0 Å². The van der Waals surface area contributed by atoms with Crippen molar-refractivity contribution in [2.45, 2.75) is 19.4 Å². The number of halogens is 1. The summed E-state index contributed by atoms with van der Waals surface area (Å²) >= 11 is 3.26. The summed E-state index contributed by atoms with van der Waals surface area (Å²) in [4.78, 5) is 17.6. The number of pyridine rings is 1. The van der Waals surface area contributed by atoms with E-state index in [4.69, 9.17) is 10.9 Å². The minimum atomic E-state index is -0.208. The average Bonchev–Trinajstić information content (AvgIpc) is 2.37. The molecule has 0 saturated heterocycles. The molecular weight excluding hydrogens is 300 g/mol. The predicted octanol–water partition coefficient (Wildman–Crippen LogP) is 1.44. The number of hydrogen-bond donors (Lipinski definition) is 2. The third-order valence-corrected chi connectivity index (χ3v) is 3.03. The van der Waals surface area contributed by atoms with E-state index < -0.39 is 0 Å². The average molecular weight is 315 g/mol. The number of aromatic nitrogens is 1. The Kier molecular flexibility index (Phi) is 5.08. The molecule has 0 saturated carbocycles. The van der Waals surface area contributed by atoms with Gasteiger partial charge >= 0.3 is 0 Å². The number of nitrogens with zero attached hydrogens (tertiary/aromatic N) is 3. The molecule has 0 spiro atoms. The van der Waals surface area contributed by atoms with Crippen molar-refractivity contribution in [1.82, 2.24) is 9.88 Å². The van der Waals surface area contributed by atoms with E-state index in [1.54, 1.807) is 25.4 Å². The Morgan fingerprint density at radius 3 is 2.83 bits per heavy atom. The summed E-state index contributed by atoms with van der Waals surface area (Å²) in [5.74, 6) is -0.119. The normalized spacial score (nSPS) is 13.2. The van der Waals surface area contributed by atoms with Gasteiger partial charge in [-0.3, -0.25) is 4.79 Å². The molecule has 98 valence electrons. The summed E-state index contributed by atoms with van der Waals surface area (Å²) in [7, 11) is 1.65. The number of carbonyl (C=O) groups is 1. The Bertz CT molecular complexity index is 447. The molecule has 0 bridgehead atoms. The zero-order valence-electron chi connectivity index (χ0n) is 10.2. The first-order valence-corrected chi connectivity index (χ1v) is 6.10. The lowest BCUT2D eigenvalue weighted by atomic mass is 10.2. The minimum Gasteiger partial charge on any atom is -0.409 e. The lowest BCUT2D eigenvalue weighted by Crippen LogP contribution is -2.38. The standard InChI is InChI=1S/C11H15BrN4O2/c1-7(5-10(13)15-18)16(2)11(17)9-4-3-8(12)6-14-9/h3-4,6-7,18H,5H2,1-2H3,(H2,13,15). The van der Waals surface area contributed by atoms with Gasteiger partial charge in [0, 0.05) is 30.2 Å². The fourth-order valence-corrected chi connectivity index (χ4v) is 1.60. The Hall–Kier alpha value is -1.63. The summed E-state index contributed by atoms with van der Waals surface area (Å²) in [5.41, 5.74) is 5.76. The number of carbonyl (C=O) groups excluding carboxylic acids is 1. The van der Waals surface area contributed by atoms with Gasteiger partial charge in [-0.25, -0.2) is 4.98 Å². The molecule has 0 aliphatic carbocycles. The van der Waals surface area contributed by atoms with Crippen LogP contribution in [0.5, 0.6) is 0 Å². The van der Waals surface area contributed by atoms with E-state index in [0.717, 1.165) is 4.47 Å². The van der Waals surface area contributed by atoms with Crippen molar-refractivity contribution < 1.29 is 10.0 Å². The zero-order valence-corrected chi connectivity index (χ0v) is 11.8. The van der Waals surface area contributed by atoms with E-state index >= 15 is 0 Å². The van der Waals surface area contributed by atoms with Crippen LogP contribution in [0.25, 0.3) is 0 Å². The van der Waals surface area contributed by atoms with Crippen molar-refractivity contribution in [1.29, 1.82) is 0 Å². The first-order chi connectivity index (χ1) is 8.45. The Morgan fingerprint density at radius 2 is 2.33 bits per heavy atom. The van der Waals surface area contributed by atoms with Gasteiger partial charge in [0.25, 0.3) is 5.91 Å². The predicted molar refractivity (Wildman–Crippen MR) is 71.5 cm³/mol. The van der Waals surface area contributed by atoms with Crippen molar-refractivity contribution in [2.75, 3.05) is 7.05 Å². The molecule has 1 atom stereocenters. The summed E-state index contributed by atoms with van der Waals surface area (Å²) in [6.45, 7) is 1.81. The molecule has 6 nitrogen and oxygen atoms in total. The molecule has 1 rings (SSSR count). The Morgan fingerprint density at radius 1 is 1.67 bits per heavy atom. The molecule has 1 aromatic rings. The monoisotopic (exact) mass is 314 g/mol. The fourth-order valence-electron chi connectivity index (χ4n) is 1.36. The van der Waals surface area contributed by atoms with E-state index in [2.05, 4.69) is 26.1 Å². The quantitative estimate of drug-likeness (QED) is 0.381. The van der Waals surface area contributed by atoms with Gasteiger partial charge in [-0.15, -0.1) is 0 Å². The lowest BCUT2D eigenvalue weighted by Gasteiger charge is -2.24. The SMILES string of the molecule is CC(CC(N)=NO)N(C)C(=O)c1ccc(Br)cn1. The van der Waals surface area contributed by atoms with Gasteiger partial charge in [0.2, 0.25) is 0 Å². The van der Waals surface area contributed by atoms with E-state index in [1.165, 1.54) is 4.90 Å². The number of rotatable bonds is 4. The van der Waals surface area contributed by atoms with Gasteiger partial charge in [-0.1, -0.05) is 5.16 Å². The van der Waals surface area contributed by atoms with Gasteiger partial charge < -0.3 is 15.8 Å². The number of oxime groups is 1. The summed E-state index contributed by atoms with van der Waals surface area (Å²) < 4.78 is 0.811. The molecule has 3 N–H and O–H groups in total. The highest BCUT2D eigenvalue weighted by Gasteiger charge is 2.19. The maximum Gasteiger partial charge on any atom is 0.272 e. The number of hydrogen-bond acceptors (Lipinski definition) is 4. The lowest BCUT2D eigenvalue weighted by molar-refractivity contribution is 0.0741. The van der Waals surface area contributed by atoms with Crippen LogP contribution in [0.4, 0.5) is 0 Å². The van der Waals surface area contributed by atoms with Crippen LogP contribution in [0.15, 0.2) is 28.0 Å². The van der Waals surface area contributed by atoms with Gasteiger partial charge in [0.15, 0.2) is 0 Å². The van der Waals surface area contributed by atoms with Crippen molar-refractivity contribution in [2.24, 2.45) is 10.9 Å². The van der Waals surface area contributed by atoms with Crippen LogP contribution in [-0.4, -0.2) is 39.9 Å². The second-order valence-corrected chi connectivity index (χ2v) is 4.84. The van der Waals surface area contributed by atoms with Crippen molar-refractivity contribution in [3.05, 3.63) is 28.5 Å². The first-order valence-electron chi connectivity index (χ1n) is 5.30. The smallest absolute Gasteiger partial charge is 0.272 e. The summed E-state index contributed by atoms with van der Waals surface area (Å²) in [6, 6.07) is 3.21. The molecule has 1 unspecified atom stereocenters. The molecule has 0 radical (unpaired) electrons. The summed E-state index contributed by atoms with van der Waals surface area (Å²) in [6.07, 6.45) is 1.87. The molecule has 1 amide bonds. The topological polar surface area (TPSA) is 91.8 Å². The molecule has 7 heteroatoms. The van der Waals surface area contributed by atoms with Crippen molar-refractivity contribution >= 4 is 27.7 Å². The molecule has 1 aromatic heterocycles. The van der Waals surface area contributed by atoms with Crippen LogP contribution < -0.4 is 5.73 Å².